The Balaban J connectivity index is 0.000000381. The van der Waals surface area contributed by atoms with E-state index >= 15 is 0 Å². The molecule has 25 heavy (non-hydrogen) atoms. The SMILES string of the molecule is O=C(NNC(=O)c1ccccc1)c1ccccc1.O=C(O)CC(=O)O. The molecule has 0 heterocycles. The van der Waals surface area contributed by atoms with Crippen LogP contribution in [0.5, 0.6) is 0 Å². The molecule has 2 rings (SSSR count). The molecule has 0 unspecified atom stereocenters. The van der Waals surface area contributed by atoms with Gasteiger partial charge in [0.05, 0.1) is 0 Å². The molecule has 0 saturated heterocycles. The smallest absolute Gasteiger partial charge is 0.314 e. The first-order valence-electron chi connectivity index (χ1n) is 7.04. The minimum atomic E-state index is -1.31. The zero-order chi connectivity index (χ0) is 18.7. The lowest BCUT2D eigenvalue weighted by molar-refractivity contribution is -0.147. The van der Waals surface area contributed by atoms with Gasteiger partial charge in [0.15, 0.2) is 0 Å². The molecule has 130 valence electrons. The Bertz CT molecular complexity index is 668. The van der Waals surface area contributed by atoms with Crippen molar-refractivity contribution in [3.63, 3.8) is 0 Å². The van der Waals surface area contributed by atoms with Crippen LogP contribution >= 0.6 is 0 Å². The molecule has 0 atom stereocenters. The normalized spacial score (nSPS) is 9.12. The van der Waals surface area contributed by atoms with Crippen molar-refractivity contribution in [2.45, 2.75) is 6.42 Å². The monoisotopic (exact) mass is 344 g/mol. The van der Waals surface area contributed by atoms with E-state index in [1.54, 1.807) is 48.5 Å². The fourth-order valence-electron chi connectivity index (χ4n) is 1.57. The Morgan fingerprint density at radius 3 is 1.20 bits per heavy atom. The van der Waals surface area contributed by atoms with Crippen LogP contribution in [0.4, 0.5) is 0 Å². The van der Waals surface area contributed by atoms with Gasteiger partial charge in [-0.15, -0.1) is 0 Å². The van der Waals surface area contributed by atoms with Gasteiger partial charge in [0, 0.05) is 11.1 Å². The van der Waals surface area contributed by atoms with Gasteiger partial charge in [0.25, 0.3) is 11.8 Å². The van der Waals surface area contributed by atoms with Crippen LogP contribution in [0.25, 0.3) is 0 Å². The van der Waals surface area contributed by atoms with E-state index in [2.05, 4.69) is 10.9 Å². The lowest BCUT2D eigenvalue weighted by atomic mass is 10.2. The molecule has 0 aromatic heterocycles. The predicted molar refractivity (Wildman–Crippen MR) is 87.7 cm³/mol. The van der Waals surface area contributed by atoms with Crippen LogP contribution in [-0.4, -0.2) is 34.0 Å². The van der Waals surface area contributed by atoms with Gasteiger partial charge in [-0.3, -0.25) is 30.0 Å². The standard InChI is InChI=1S/C14H12N2O2.C3H4O4/c17-13(11-7-3-1-4-8-11)15-16-14(18)12-9-5-2-6-10-12;4-2(5)1-3(6)7/h1-10H,(H,15,17)(H,16,18);1H2,(H,4,5)(H,6,7). The molecule has 0 spiro atoms. The molecule has 2 aromatic carbocycles. The summed E-state index contributed by atoms with van der Waals surface area (Å²) in [6, 6.07) is 17.4. The number of carbonyl (C=O) groups excluding carboxylic acids is 2. The largest absolute Gasteiger partial charge is 0.481 e. The highest BCUT2D eigenvalue weighted by molar-refractivity contribution is 5.98. The lowest BCUT2D eigenvalue weighted by Crippen LogP contribution is -2.41. The van der Waals surface area contributed by atoms with Gasteiger partial charge < -0.3 is 10.2 Å². The zero-order valence-corrected chi connectivity index (χ0v) is 13.0. The molecule has 0 aliphatic heterocycles. The third-order valence-electron chi connectivity index (χ3n) is 2.66. The summed E-state index contributed by atoms with van der Waals surface area (Å²) in [4.78, 5) is 42.2. The van der Waals surface area contributed by atoms with E-state index in [1.807, 2.05) is 12.1 Å². The topological polar surface area (TPSA) is 133 Å². The Morgan fingerprint density at radius 1 is 0.640 bits per heavy atom. The first-order chi connectivity index (χ1) is 11.9. The van der Waals surface area contributed by atoms with Crippen LogP contribution in [0, 0.1) is 0 Å². The van der Waals surface area contributed by atoms with Crippen LogP contribution < -0.4 is 10.9 Å². The summed E-state index contributed by atoms with van der Waals surface area (Å²) < 4.78 is 0. The number of hydrogen-bond acceptors (Lipinski definition) is 4. The van der Waals surface area contributed by atoms with Gasteiger partial charge in [0.1, 0.15) is 6.42 Å². The number of nitrogens with one attached hydrogen (secondary N) is 2. The van der Waals surface area contributed by atoms with Crippen molar-refractivity contribution in [2.24, 2.45) is 0 Å². The summed E-state index contributed by atoms with van der Waals surface area (Å²) >= 11 is 0. The van der Waals surface area contributed by atoms with Crippen molar-refractivity contribution in [3.05, 3.63) is 71.8 Å². The highest BCUT2D eigenvalue weighted by Gasteiger charge is 2.07. The number of rotatable bonds is 4. The van der Waals surface area contributed by atoms with Crippen LogP contribution in [0.2, 0.25) is 0 Å². The highest BCUT2D eigenvalue weighted by atomic mass is 16.4. The Kier molecular flexibility index (Phi) is 7.87. The predicted octanol–water partition coefficient (Wildman–Crippen LogP) is 1.31. The van der Waals surface area contributed by atoms with E-state index in [4.69, 9.17) is 10.2 Å². The molecule has 0 radical (unpaired) electrons. The fourth-order valence-corrected chi connectivity index (χ4v) is 1.57. The summed E-state index contributed by atoms with van der Waals surface area (Å²) in [6.45, 7) is 0. The molecule has 0 fully saturated rings. The van der Waals surface area contributed by atoms with Gasteiger partial charge in [-0.2, -0.15) is 0 Å². The molecule has 8 nitrogen and oxygen atoms in total. The summed E-state index contributed by atoms with van der Waals surface area (Å²) in [5.41, 5.74) is 5.70. The van der Waals surface area contributed by atoms with E-state index < -0.39 is 18.4 Å². The van der Waals surface area contributed by atoms with Gasteiger partial charge >= 0.3 is 11.9 Å². The molecule has 0 aliphatic carbocycles. The fraction of sp³-hybridized carbons (Fsp3) is 0.0588. The van der Waals surface area contributed by atoms with E-state index in [-0.39, 0.29) is 11.8 Å². The second-order valence-electron chi connectivity index (χ2n) is 4.60. The number of benzene rings is 2. The number of hydrogen-bond donors (Lipinski definition) is 4. The minimum absolute atomic E-state index is 0.347. The van der Waals surface area contributed by atoms with E-state index in [0.717, 1.165) is 0 Å². The third-order valence-corrected chi connectivity index (χ3v) is 2.66. The molecular formula is C17H16N2O6. The number of carboxylic acid groups (broad SMARTS) is 2. The van der Waals surface area contributed by atoms with Crippen LogP contribution in [0.1, 0.15) is 27.1 Å². The average molecular weight is 344 g/mol. The molecular weight excluding hydrogens is 328 g/mol. The van der Waals surface area contributed by atoms with Crippen molar-refractivity contribution in [1.29, 1.82) is 0 Å². The van der Waals surface area contributed by atoms with Gasteiger partial charge in [-0.05, 0) is 24.3 Å². The van der Waals surface area contributed by atoms with Gasteiger partial charge in [0.2, 0.25) is 0 Å². The third kappa shape index (κ3) is 7.93. The Labute approximate surface area is 143 Å². The van der Waals surface area contributed by atoms with Crippen LogP contribution in [-0.2, 0) is 9.59 Å². The maximum atomic E-state index is 11.7. The van der Waals surface area contributed by atoms with Gasteiger partial charge in [-0.1, -0.05) is 36.4 Å². The number of carbonyl (C=O) groups is 4. The van der Waals surface area contributed by atoms with Crippen molar-refractivity contribution < 1.29 is 29.4 Å². The average Bonchev–Trinajstić information content (AvgIpc) is 2.60. The molecule has 0 bridgehead atoms. The van der Waals surface area contributed by atoms with Crippen molar-refractivity contribution >= 4 is 23.8 Å². The molecule has 8 heteroatoms. The first kappa shape index (κ1) is 19.4. The van der Waals surface area contributed by atoms with Crippen LogP contribution in [0.3, 0.4) is 0 Å². The van der Waals surface area contributed by atoms with E-state index in [0.29, 0.717) is 11.1 Å². The van der Waals surface area contributed by atoms with E-state index in [1.165, 1.54) is 0 Å². The van der Waals surface area contributed by atoms with Crippen LogP contribution in [0.15, 0.2) is 60.7 Å². The quantitative estimate of drug-likeness (QED) is 0.488. The van der Waals surface area contributed by atoms with E-state index in [9.17, 15) is 19.2 Å². The lowest BCUT2D eigenvalue weighted by Gasteiger charge is -2.07. The molecule has 0 aliphatic rings. The number of amides is 2. The summed E-state index contributed by atoms with van der Waals surface area (Å²) in [5.74, 6) is -3.32. The zero-order valence-electron chi connectivity index (χ0n) is 13.0. The maximum absolute atomic E-state index is 11.7. The van der Waals surface area contributed by atoms with Gasteiger partial charge in [-0.25, -0.2) is 0 Å². The summed E-state index contributed by atoms with van der Waals surface area (Å²) in [5, 5.41) is 15.4. The highest BCUT2D eigenvalue weighted by Crippen LogP contribution is 1.99. The van der Waals surface area contributed by atoms with Crippen molar-refractivity contribution in [3.8, 4) is 0 Å². The summed E-state index contributed by atoms with van der Waals surface area (Å²) in [7, 11) is 0. The molecule has 0 saturated carbocycles. The Morgan fingerprint density at radius 2 is 0.960 bits per heavy atom. The van der Waals surface area contributed by atoms with Crippen molar-refractivity contribution in [1.82, 2.24) is 10.9 Å². The van der Waals surface area contributed by atoms with Crippen molar-refractivity contribution in [2.75, 3.05) is 0 Å². The second kappa shape index (κ2) is 10.2. The number of hydrazine groups is 1. The number of carboxylic acids is 2. The second-order valence-corrected chi connectivity index (χ2v) is 4.60. The summed E-state index contributed by atoms with van der Waals surface area (Å²) in [6.07, 6.45) is -0.806. The maximum Gasteiger partial charge on any atom is 0.314 e. The number of aliphatic carboxylic acids is 2. The molecule has 4 N–H and O–H groups in total. The Hall–Kier alpha value is -3.68. The first-order valence-corrected chi connectivity index (χ1v) is 7.04. The molecule has 2 aromatic rings. The molecule has 2 amide bonds. The minimum Gasteiger partial charge on any atom is -0.481 e.